The van der Waals surface area contributed by atoms with E-state index in [2.05, 4.69) is 30.6 Å². The van der Waals surface area contributed by atoms with Crippen LogP contribution in [0.25, 0.3) is 11.2 Å². The zero-order valence-electron chi connectivity index (χ0n) is 12.8. The second-order valence-electron chi connectivity index (χ2n) is 4.89. The Kier molecular flexibility index (Phi) is 4.05. The number of methoxy groups -OCH3 is 1. The van der Waals surface area contributed by atoms with E-state index in [1.807, 2.05) is 18.2 Å². The molecule has 2 aromatic heterocycles. The Hall–Kier alpha value is -3.16. The number of fused-ring (bicyclic) bond motifs is 1. The molecule has 0 unspecified atom stereocenters. The van der Waals surface area contributed by atoms with Gasteiger partial charge in [0.2, 0.25) is 5.91 Å². The average Bonchev–Trinajstić information content (AvgIpc) is 3.01. The molecule has 0 aliphatic heterocycles. The second kappa shape index (κ2) is 6.30. The first-order chi connectivity index (χ1) is 11.2. The fourth-order valence-corrected chi connectivity index (χ4v) is 2.24. The Labute approximate surface area is 132 Å². The van der Waals surface area contributed by atoms with Crippen molar-refractivity contribution < 1.29 is 9.53 Å². The summed E-state index contributed by atoms with van der Waals surface area (Å²) in [4.78, 5) is 26.7. The lowest BCUT2D eigenvalue weighted by Gasteiger charge is -2.12. The number of amides is 1. The zero-order valence-corrected chi connectivity index (χ0v) is 12.8. The van der Waals surface area contributed by atoms with Gasteiger partial charge in [-0.05, 0) is 17.7 Å². The molecule has 0 atom stereocenters. The number of nitrogens with one attached hydrogen (secondary N) is 3. The highest BCUT2D eigenvalue weighted by Gasteiger charge is 2.08. The predicted octanol–water partition coefficient (Wildman–Crippen LogP) is 1.93. The molecule has 0 saturated heterocycles. The lowest BCUT2D eigenvalue weighted by atomic mass is 10.2. The Bertz CT molecular complexity index is 845. The third kappa shape index (κ3) is 3.20. The Morgan fingerprint density at radius 2 is 2.17 bits per heavy atom. The van der Waals surface area contributed by atoms with Gasteiger partial charge in [0.05, 0.1) is 19.1 Å². The summed E-state index contributed by atoms with van der Waals surface area (Å²) in [6, 6.07) is 5.59. The Morgan fingerprint density at radius 1 is 1.30 bits per heavy atom. The maximum atomic E-state index is 11.3. The number of H-pyrrole nitrogens is 1. The number of nitrogens with zero attached hydrogens (tertiary/aromatic N) is 3. The molecule has 1 aromatic carbocycles. The third-order valence-corrected chi connectivity index (χ3v) is 3.26. The first-order valence-corrected chi connectivity index (χ1v) is 7.00. The van der Waals surface area contributed by atoms with Gasteiger partial charge in [-0.15, -0.1) is 0 Å². The lowest BCUT2D eigenvalue weighted by Crippen LogP contribution is -2.08. The van der Waals surface area contributed by atoms with Crippen LogP contribution in [0.2, 0.25) is 0 Å². The number of hydrogen-bond acceptors (Lipinski definition) is 6. The van der Waals surface area contributed by atoms with Crippen LogP contribution in [-0.4, -0.2) is 33.0 Å². The molecular formula is C15H16N6O2. The highest BCUT2D eigenvalue weighted by atomic mass is 16.5. The van der Waals surface area contributed by atoms with Crippen molar-refractivity contribution in [1.82, 2.24) is 19.9 Å². The van der Waals surface area contributed by atoms with Gasteiger partial charge in [-0.3, -0.25) is 4.79 Å². The molecular weight excluding hydrogens is 296 g/mol. The summed E-state index contributed by atoms with van der Waals surface area (Å²) in [5.74, 6) is 1.13. The van der Waals surface area contributed by atoms with Crippen molar-refractivity contribution in [3.8, 4) is 5.75 Å². The van der Waals surface area contributed by atoms with Crippen molar-refractivity contribution in [2.75, 3.05) is 17.7 Å². The number of rotatable bonds is 5. The average molecular weight is 312 g/mol. The maximum absolute atomic E-state index is 11.3. The fraction of sp³-hybridized carbons (Fsp3) is 0.200. The molecule has 8 heteroatoms. The lowest BCUT2D eigenvalue weighted by molar-refractivity contribution is -0.114. The number of carbonyl (C=O) groups excluding carboxylic acids is 1. The molecule has 1 amide bonds. The zero-order chi connectivity index (χ0) is 16.2. The van der Waals surface area contributed by atoms with E-state index in [9.17, 15) is 4.79 Å². The molecule has 0 saturated carbocycles. The minimum atomic E-state index is -0.150. The van der Waals surface area contributed by atoms with Gasteiger partial charge in [0.25, 0.3) is 0 Å². The van der Waals surface area contributed by atoms with Gasteiger partial charge in [0.1, 0.15) is 17.6 Å². The normalized spacial score (nSPS) is 10.5. The van der Waals surface area contributed by atoms with Crippen LogP contribution < -0.4 is 15.4 Å². The first-order valence-electron chi connectivity index (χ1n) is 7.00. The number of benzene rings is 1. The van der Waals surface area contributed by atoms with Crippen molar-refractivity contribution >= 4 is 28.6 Å². The van der Waals surface area contributed by atoms with Crippen molar-refractivity contribution in [3.63, 3.8) is 0 Å². The van der Waals surface area contributed by atoms with E-state index in [4.69, 9.17) is 4.74 Å². The summed E-state index contributed by atoms with van der Waals surface area (Å²) in [7, 11) is 1.56. The van der Waals surface area contributed by atoms with Gasteiger partial charge in [-0.2, -0.15) is 0 Å². The van der Waals surface area contributed by atoms with E-state index < -0.39 is 0 Å². The quantitative estimate of drug-likeness (QED) is 0.665. The number of ether oxygens (including phenoxy) is 1. The van der Waals surface area contributed by atoms with Crippen LogP contribution in [0.4, 0.5) is 11.5 Å². The summed E-state index contributed by atoms with van der Waals surface area (Å²) < 4.78 is 5.24. The van der Waals surface area contributed by atoms with Crippen molar-refractivity contribution in [2.24, 2.45) is 0 Å². The highest BCUT2D eigenvalue weighted by molar-refractivity contribution is 5.90. The summed E-state index contributed by atoms with van der Waals surface area (Å²) in [5, 5.41) is 5.99. The van der Waals surface area contributed by atoms with E-state index in [1.165, 1.54) is 13.3 Å². The van der Waals surface area contributed by atoms with Gasteiger partial charge in [-0.1, -0.05) is 6.07 Å². The van der Waals surface area contributed by atoms with E-state index >= 15 is 0 Å². The Balaban J connectivity index is 1.80. The van der Waals surface area contributed by atoms with Gasteiger partial charge >= 0.3 is 0 Å². The SMILES string of the molecule is COc1ccc(CNc2ncnc3nc[nH]c23)cc1NC(C)=O. The Morgan fingerprint density at radius 3 is 2.96 bits per heavy atom. The van der Waals surface area contributed by atoms with Gasteiger partial charge in [-0.25, -0.2) is 15.0 Å². The monoisotopic (exact) mass is 312 g/mol. The van der Waals surface area contributed by atoms with E-state index in [-0.39, 0.29) is 5.91 Å². The number of aromatic amines is 1. The van der Waals surface area contributed by atoms with Gasteiger partial charge in [0, 0.05) is 13.5 Å². The summed E-state index contributed by atoms with van der Waals surface area (Å²) >= 11 is 0. The molecule has 3 rings (SSSR count). The number of hydrogen-bond donors (Lipinski definition) is 3. The van der Waals surface area contributed by atoms with Gasteiger partial charge < -0.3 is 20.4 Å². The largest absolute Gasteiger partial charge is 0.495 e. The van der Waals surface area contributed by atoms with Crippen molar-refractivity contribution in [2.45, 2.75) is 13.5 Å². The fourth-order valence-electron chi connectivity index (χ4n) is 2.24. The molecule has 0 aliphatic rings. The number of anilines is 2. The summed E-state index contributed by atoms with van der Waals surface area (Å²) in [6.45, 7) is 1.99. The minimum Gasteiger partial charge on any atom is -0.495 e. The number of aromatic nitrogens is 4. The van der Waals surface area contributed by atoms with Crippen LogP contribution in [0.3, 0.4) is 0 Å². The molecule has 0 aliphatic carbocycles. The number of imidazole rings is 1. The molecule has 0 bridgehead atoms. The van der Waals surface area contributed by atoms with Gasteiger partial charge in [0.15, 0.2) is 11.5 Å². The molecule has 118 valence electrons. The highest BCUT2D eigenvalue weighted by Crippen LogP contribution is 2.26. The predicted molar refractivity (Wildman–Crippen MR) is 86.3 cm³/mol. The van der Waals surface area contributed by atoms with Crippen LogP contribution in [0.1, 0.15) is 12.5 Å². The molecule has 8 nitrogen and oxygen atoms in total. The standard InChI is InChI=1S/C15H16N6O2/c1-9(22)21-11-5-10(3-4-12(11)23-2)6-16-14-13-15(18-7-17-13)20-8-19-14/h3-5,7-8H,6H2,1-2H3,(H,21,22)(H2,16,17,18,19,20). The molecule has 23 heavy (non-hydrogen) atoms. The van der Waals surface area contributed by atoms with Crippen molar-refractivity contribution in [3.05, 3.63) is 36.4 Å². The molecule has 3 N–H and O–H groups in total. The summed E-state index contributed by atoms with van der Waals surface area (Å²) in [5.41, 5.74) is 2.97. The topological polar surface area (TPSA) is 105 Å². The van der Waals surface area contributed by atoms with E-state index in [0.29, 0.717) is 29.4 Å². The summed E-state index contributed by atoms with van der Waals surface area (Å²) in [6.07, 6.45) is 3.04. The smallest absolute Gasteiger partial charge is 0.221 e. The minimum absolute atomic E-state index is 0.150. The van der Waals surface area contributed by atoms with Crippen LogP contribution in [-0.2, 0) is 11.3 Å². The van der Waals surface area contributed by atoms with E-state index in [1.54, 1.807) is 13.4 Å². The molecule has 3 aromatic rings. The third-order valence-electron chi connectivity index (χ3n) is 3.26. The van der Waals surface area contributed by atoms with Crippen LogP contribution in [0.15, 0.2) is 30.9 Å². The van der Waals surface area contributed by atoms with Crippen molar-refractivity contribution in [1.29, 1.82) is 0 Å². The second-order valence-corrected chi connectivity index (χ2v) is 4.89. The number of carbonyl (C=O) groups is 1. The maximum Gasteiger partial charge on any atom is 0.221 e. The van der Waals surface area contributed by atoms with Crippen LogP contribution in [0, 0.1) is 0 Å². The van der Waals surface area contributed by atoms with E-state index in [0.717, 1.165) is 11.1 Å². The molecule has 0 fully saturated rings. The first kappa shape index (κ1) is 14.8. The molecule has 2 heterocycles. The van der Waals surface area contributed by atoms with Crippen LogP contribution in [0.5, 0.6) is 5.75 Å². The molecule has 0 radical (unpaired) electrons. The molecule has 0 spiro atoms. The van der Waals surface area contributed by atoms with Crippen LogP contribution >= 0.6 is 0 Å².